The monoisotopic (exact) mass is 468 g/mol. The zero-order valence-electron chi connectivity index (χ0n) is 17.4. The Morgan fingerprint density at radius 2 is 1.81 bits per heavy atom. The van der Waals surface area contributed by atoms with E-state index in [9.17, 15) is 22.8 Å². The maximum Gasteiger partial charge on any atom is 0.348 e. The Balaban J connectivity index is 2.04. The highest BCUT2D eigenvalue weighted by Crippen LogP contribution is 2.33. The number of hydrogen-bond donors (Lipinski definition) is 2. The van der Waals surface area contributed by atoms with Crippen molar-refractivity contribution in [2.45, 2.75) is 31.6 Å². The lowest BCUT2D eigenvalue weighted by molar-refractivity contribution is -0.116. The van der Waals surface area contributed by atoms with Gasteiger partial charge in [0.2, 0.25) is 5.91 Å². The molecule has 0 spiro atoms. The van der Waals surface area contributed by atoms with E-state index in [1.54, 1.807) is 26.0 Å². The Bertz CT molecular complexity index is 1070. The maximum atomic E-state index is 12.4. The van der Waals surface area contributed by atoms with Gasteiger partial charge in [-0.25, -0.2) is 13.2 Å². The Labute approximate surface area is 184 Å². The maximum absolute atomic E-state index is 12.4. The largest absolute Gasteiger partial charge is 0.497 e. The molecule has 31 heavy (non-hydrogen) atoms. The summed E-state index contributed by atoms with van der Waals surface area (Å²) >= 11 is 0.893. The summed E-state index contributed by atoms with van der Waals surface area (Å²) in [4.78, 5) is 36.5. The van der Waals surface area contributed by atoms with Gasteiger partial charge in [-0.1, -0.05) is 0 Å². The Morgan fingerprint density at radius 1 is 1.16 bits per heavy atom. The average molecular weight is 469 g/mol. The molecule has 0 aliphatic carbocycles. The molecule has 2 rings (SSSR count). The van der Waals surface area contributed by atoms with Crippen molar-refractivity contribution in [3.05, 3.63) is 40.3 Å². The lowest BCUT2D eigenvalue weighted by atomic mass is 10.1. The normalized spacial score (nSPS) is 11.1. The topological polar surface area (TPSA) is 142 Å². The molecule has 0 aliphatic rings. The van der Waals surface area contributed by atoms with Crippen molar-refractivity contribution >= 4 is 44.0 Å². The van der Waals surface area contributed by atoms with Gasteiger partial charge >= 0.3 is 5.97 Å². The SMILES string of the molecule is CCOC(=O)c1sc(NC(=O)CCCS(=O)(=O)c2ccc(OC)cc2)c(C(N)=O)c1C. The van der Waals surface area contributed by atoms with Gasteiger partial charge in [-0.15, -0.1) is 11.3 Å². The van der Waals surface area contributed by atoms with Crippen molar-refractivity contribution < 1.29 is 32.3 Å². The number of esters is 1. The zero-order valence-corrected chi connectivity index (χ0v) is 19.0. The van der Waals surface area contributed by atoms with Crippen LogP contribution in [0.2, 0.25) is 0 Å². The number of thiophene rings is 1. The van der Waals surface area contributed by atoms with Crippen molar-refractivity contribution in [3.63, 3.8) is 0 Å². The summed E-state index contributed by atoms with van der Waals surface area (Å²) in [6.45, 7) is 3.35. The fourth-order valence-electron chi connectivity index (χ4n) is 2.80. The van der Waals surface area contributed by atoms with Crippen LogP contribution in [0.25, 0.3) is 0 Å². The molecule has 168 valence electrons. The van der Waals surface area contributed by atoms with Crippen molar-refractivity contribution in [2.24, 2.45) is 5.73 Å². The number of rotatable bonds is 10. The number of sulfone groups is 1. The van der Waals surface area contributed by atoms with E-state index in [0.717, 1.165) is 11.3 Å². The second-order valence-electron chi connectivity index (χ2n) is 6.49. The highest BCUT2D eigenvalue weighted by atomic mass is 32.2. The lowest BCUT2D eigenvalue weighted by Gasteiger charge is -2.07. The van der Waals surface area contributed by atoms with Crippen LogP contribution >= 0.6 is 11.3 Å². The number of ether oxygens (including phenoxy) is 2. The van der Waals surface area contributed by atoms with Crippen LogP contribution < -0.4 is 15.8 Å². The molecule has 0 saturated carbocycles. The third kappa shape index (κ3) is 6.05. The Hall–Kier alpha value is -2.92. The first-order valence-electron chi connectivity index (χ1n) is 9.37. The quantitative estimate of drug-likeness (QED) is 0.510. The molecule has 0 fully saturated rings. The van der Waals surface area contributed by atoms with E-state index in [4.69, 9.17) is 15.2 Å². The van der Waals surface area contributed by atoms with Gasteiger partial charge in [0, 0.05) is 6.42 Å². The fraction of sp³-hybridized carbons (Fsp3) is 0.350. The standard InChI is InChI=1S/C20H24N2O7S2/c1-4-29-20(25)17-12(2)16(18(21)24)19(30-17)22-15(23)6-5-11-31(26,27)14-9-7-13(28-3)8-10-14/h7-10H,4-6,11H2,1-3H3,(H2,21,24)(H,22,23). The van der Waals surface area contributed by atoms with Crippen molar-refractivity contribution in [3.8, 4) is 5.75 Å². The molecule has 11 heteroatoms. The first kappa shape index (κ1) is 24.4. The molecule has 3 N–H and O–H groups in total. The number of methoxy groups -OCH3 is 1. The van der Waals surface area contributed by atoms with Gasteiger partial charge < -0.3 is 20.5 Å². The van der Waals surface area contributed by atoms with E-state index >= 15 is 0 Å². The van der Waals surface area contributed by atoms with Gasteiger partial charge in [-0.05, 0) is 50.1 Å². The third-order valence-corrected chi connectivity index (χ3v) is 7.35. The molecule has 1 heterocycles. The molecule has 0 radical (unpaired) electrons. The fourth-order valence-corrected chi connectivity index (χ4v) is 5.24. The average Bonchev–Trinajstić information content (AvgIpc) is 3.04. The summed E-state index contributed by atoms with van der Waals surface area (Å²) in [5.74, 6) is -1.59. The van der Waals surface area contributed by atoms with E-state index in [2.05, 4.69) is 5.32 Å². The number of nitrogens with two attached hydrogens (primary N) is 1. The summed E-state index contributed by atoms with van der Waals surface area (Å²) in [5, 5.41) is 2.69. The highest BCUT2D eigenvalue weighted by molar-refractivity contribution is 7.91. The number of primary amides is 1. The first-order valence-corrected chi connectivity index (χ1v) is 11.8. The van der Waals surface area contributed by atoms with Crippen LogP contribution in [0.15, 0.2) is 29.2 Å². The number of benzene rings is 1. The number of nitrogens with one attached hydrogen (secondary N) is 1. The molecule has 0 unspecified atom stereocenters. The van der Waals surface area contributed by atoms with Gasteiger partial charge in [0.15, 0.2) is 9.84 Å². The number of amides is 2. The van der Waals surface area contributed by atoms with Crippen molar-refractivity contribution in [2.75, 3.05) is 24.8 Å². The molecule has 0 saturated heterocycles. The van der Waals surface area contributed by atoms with Crippen LogP contribution in [0.4, 0.5) is 5.00 Å². The molecule has 0 aliphatic heterocycles. The van der Waals surface area contributed by atoms with Gasteiger partial charge in [-0.3, -0.25) is 9.59 Å². The summed E-state index contributed by atoms with van der Waals surface area (Å²) in [7, 11) is -2.08. The Morgan fingerprint density at radius 3 is 2.35 bits per heavy atom. The Kier molecular flexibility index (Phi) is 8.17. The molecule has 1 aromatic carbocycles. The molecule has 1 aromatic heterocycles. The van der Waals surface area contributed by atoms with Crippen LogP contribution in [-0.4, -0.2) is 45.7 Å². The predicted molar refractivity (Wildman–Crippen MR) is 116 cm³/mol. The second-order valence-corrected chi connectivity index (χ2v) is 9.62. The van der Waals surface area contributed by atoms with Crippen molar-refractivity contribution in [1.29, 1.82) is 0 Å². The lowest BCUT2D eigenvalue weighted by Crippen LogP contribution is -2.18. The third-order valence-electron chi connectivity index (χ3n) is 4.34. The minimum atomic E-state index is -3.56. The minimum absolute atomic E-state index is 0.0345. The molecule has 0 bridgehead atoms. The van der Waals surface area contributed by atoms with Gasteiger partial charge in [-0.2, -0.15) is 0 Å². The van der Waals surface area contributed by atoms with Crippen LogP contribution in [0.5, 0.6) is 5.75 Å². The molecular weight excluding hydrogens is 444 g/mol. The summed E-state index contributed by atoms with van der Waals surface area (Å²) < 4.78 is 34.8. The van der Waals surface area contributed by atoms with Crippen LogP contribution in [0.1, 0.15) is 45.4 Å². The van der Waals surface area contributed by atoms with Gasteiger partial charge in [0.25, 0.3) is 5.91 Å². The van der Waals surface area contributed by atoms with E-state index in [0.29, 0.717) is 11.3 Å². The van der Waals surface area contributed by atoms with Crippen LogP contribution in [-0.2, 0) is 19.4 Å². The summed E-state index contributed by atoms with van der Waals surface area (Å²) in [6.07, 6.45) is -0.0273. The molecule has 9 nitrogen and oxygen atoms in total. The van der Waals surface area contributed by atoms with Gasteiger partial charge in [0.05, 0.1) is 29.9 Å². The molecule has 0 atom stereocenters. The van der Waals surface area contributed by atoms with Gasteiger partial charge in [0.1, 0.15) is 15.6 Å². The summed E-state index contributed by atoms with van der Waals surface area (Å²) in [6, 6.07) is 5.98. The second kappa shape index (κ2) is 10.4. The van der Waals surface area contributed by atoms with Crippen LogP contribution in [0, 0.1) is 6.92 Å². The number of carbonyl (C=O) groups excluding carboxylic acids is 3. The summed E-state index contributed by atoms with van der Waals surface area (Å²) in [5.41, 5.74) is 5.76. The smallest absolute Gasteiger partial charge is 0.348 e. The zero-order chi connectivity index (χ0) is 23.2. The van der Waals surface area contributed by atoms with E-state index in [-0.39, 0.29) is 45.5 Å². The van der Waals surface area contributed by atoms with E-state index in [1.165, 1.54) is 19.2 Å². The first-order chi connectivity index (χ1) is 14.6. The number of anilines is 1. The number of carbonyl (C=O) groups is 3. The molecular formula is C20H24N2O7S2. The van der Waals surface area contributed by atoms with E-state index < -0.39 is 27.6 Å². The molecule has 2 aromatic rings. The van der Waals surface area contributed by atoms with Crippen LogP contribution in [0.3, 0.4) is 0 Å². The molecule has 2 amide bonds. The predicted octanol–water partition coefficient (Wildman–Crippen LogP) is 2.53. The van der Waals surface area contributed by atoms with E-state index in [1.807, 2.05) is 0 Å². The van der Waals surface area contributed by atoms with Crippen molar-refractivity contribution in [1.82, 2.24) is 0 Å². The minimum Gasteiger partial charge on any atom is -0.497 e. The number of hydrogen-bond acceptors (Lipinski definition) is 8. The highest BCUT2D eigenvalue weighted by Gasteiger charge is 2.25.